The van der Waals surface area contributed by atoms with Crippen molar-refractivity contribution >= 4 is 27.5 Å². The molecule has 0 saturated heterocycles. The van der Waals surface area contributed by atoms with Gasteiger partial charge in [0.25, 0.3) is 0 Å². The summed E-state index contributed by atoms with van der Waals surface area (Å²) in [6, 6.07) is 3.17. The fourth-order valence-electron chi connectivity index (χ4n) is 1.35. The van der Waals surface area contributed by atoms with Gasteiger partial charge in [0, 0.05) is 10.0 Å². The van der Waals surface area contributed by atoms with Crippen molar-refractivity contribution in [2.45, 2.75) is 25.3 Å². The molecule has 1 atom stereocenters. The number of benzene rings is 1. The maximum atomic E-state index is 13.8. The molecule has 0 aliphatic heterocycles. The predicted octanol–water partition coefficient (Wildman–Crippen LogP) is 4.54. The standard InChI is InChI=1S/C10H10BrClFNO/c1-2-3-6-4-7(11)5-8(9(6)13)10(12)14-15/h4-5,10H,2-3H2,1H3. The Morgan fingerprint density at radius 3 is 2.80 bits per heavy atom. The number of alkyl halides is 1. The largest absolute Gasteiger partial charge is 0.206 e. The zero-order chi connectivity index (χ0) is 11.4. The molecule has 1 aromatic carbocycles. The monoisotopic (exact) mass is 293 g/mol. The van der Waals surface area contributed by atoms with Crippen LogP contribution in [0, 0.1) is 10.7 Å². The van der Waals surface area contributed by atoms with Crippen molar-refractivity contribution < 1.29 is 4.39 Å². The minimum absolute atomic E-state index is 0.129. The van der Waals surface area contributed by atoms with Crippen LogP contribution in [-0.4, -0.2) is 0 Å². The van der Waals surface area contributed by atoms with Crippen molar-refractivity contribution in [1.29, 1.82) is 0 Å². The first kappa shape index (κ1) is 12.6. The van der Waals surface area contributed by atoms with E-state index in [0.717, 1.165) is 6.42 Å². The second-order valence-corrected chi connectivity index (χ2v) is 4.49. The molecule has 0 aromatic heterocycles. The predicted molar refractivity (Wildman–Crippen MR) is 62.5 cm³/mol. The second-order valence-electron chi connectivity index (χ2n) is 3.16. The van der Waals surface area contributed by atoms with Crippen LogP contribution in [0.2, 0.25) is 0 Å². The average Bonchev–Trinajstić information content (AvgIpc) is 2.22. The van der Waals surface area contributed by atoms with Gasteiger partial charge < -0.3 is 0 Å². The quantitative estimate of drug-likeness (QED) is 0.455. The summed E-state index contributed by atoms with van der Waals surface area (Å²) in [6.07, 6.45) is 1.44. The van der Waals surface area contributed by atoms with Crippen LogP contribution in [0.4, 0.5) is 4.39 Å². The lowest BCUT2D eigenvalue weighted by molar-refractivity contribution is 0.588. The SMILES string of the molecule is CCCc1cc(Br)cc(C(Cl)N=O)c1F. The lowest BCUT2D eigenvalue weighted by atomic mass is 10.1. The van der Waals surface area contributed by atoms with E-state index < -0.39 is 11.3 Å². The molecule has 15 heavy (non-hydrogen) atoms. The first-order chi connectivity index (χ1) is 7.10. The van der Waals surface area contributed by atoms with Crippen molar-refractivity contribution in [2.24, 2.45) is 5.18 Å². The molecule has 0 aliphatic rings. The molecule has 0 amide bonds. The zero-order valence-electron chi connectivity index (χ0n) is 8.14. The van der Waals surface area contributed by atoms with E-state index in [0.29, 0.717) is 16.5 Å². The first-order valence-corrected chi connectivity index (χ1v) is 5.77. The number of nitroso groups, excluding NO2 is 1. The Labute approximate surface area is 101 Å². The third-order valence-corrected chi connectivity index (χ3v) is 2.78. The molecule has 0 spiro atoms. The summed E-state index contributed by atoms with van der Waals surface area (Å²) in [5.74, 6) is -0.431. The molecule has 1 unspecified atom stereocenters. The number of halogens is 3. The van der Waals surface area contributed by atoms with Crippen LogP contribution in [0.3, 0.4) is 0 Å². The van der Waals surface area contributed by atoms with E-state index in [9.17, 15) is 9.30 Å². The number of rotatable bonds is 4. The second kappa shape index (κ2) is 5.56. The van der Waals surface area contributed by atoms with Gasteiger partial charge >= 0.3 is 0 Å². The summed E-state index contributed by atoms with van der Waals surface area (Å²) in [7, 11) is 0. The van der Waals surface area contributed by atoms with Gasteiger partial charge in [-0.2, -0.15) is 0 Å². The van der Waals surface area contributed by atoms with Crippen LogP contribution in [0.5, 0.6) is 0 Å². The van der Waals surface area contributed by atoms with Crippen molar-refractivity contribution in [3.8, 4) is 0 Å². The van der Waals surface area contributed by atoms with Gasteiger partial charge in [-0.05, 0) is 29.3 Å². The molecule has 0 aliphatic carbocycles. The fraction of sp³-hybridized carbons (Fsp3) is 0.400. The molecule has 5 heteroatoms. The Bertz CT molecular complexity index is 373. The van der Waals surface area contributed by atoms with E-state index in [2.05, 4.69) is 21.1 Å². The number of hydrogen-bond acceptors (Lipinski definition) is 2. The molecule has 0 saturated carbocycles. The van der Waals surface area contributed by atoms with E-state index in [1.54, 1.807) is 6.07 Å². The van der Waals surface area contributed by atoms with Gasteiger partial charge in [0.05, 0.1) is 0 Å². The number of hydrogen-bond donors (Lipinski definition) is 0. The van der Waals surface area contributed by atoms with E-state index in [1.165, 1.54) is 6.07 Å². The van der Waals surface area contributed by atoms with Gasteiger partial charge in [-0.25, -0.2) is 4.39 Å². The molecule has 1 rings (SSSR count). The summed E-state index contributed by atoms with van der Waals surface area (Å²) in [4.78, 5) is 10.3. The van der Waals surface area contributed by atoms with Gasteiger partial charge in [0.15, 0.2) is 5.50 Å². The summed E-state index contributed by atoms with van der Waals surface area (Å²) in [6.45, 7) is 1.95. The maximum absolute atomic E-state index is 13.8. The Morgan fingerprint density at radius 2 is 2.27 bits per heavy atom. The third-order valence-electron chi connectivity index (χ3n) is 2.01. The minimum Gasteiger partial charge on any atom is -0.206 e. The number of aryl methyl sites for hydroxylation is 1. The van der Waals surface area contributed by atoms with Crippen LogP contribution in [0.1, 0.15) is 30.0 Å². The summed E-state index contributed by atoms with van der Waals surface area (Å²) in [5, 5.41) is 2.62. The van der Waals surface area contributed by atoms with Gasteiger partial charge in [-0.15, -0.1) is 4.91 Å². The van der Waals surface area contributed by atoms with Crippen LogP contribution in [0.25, 0.3) is 0 Å². The Hall–Kier alpha value is -0.480. The van der Waals surface area contributed by atoms with Crippen molar-refractivity contribution in [1.82, 2.24) is 0 Å². The highest BCUT2D eigenvalue weighted by molar-refractivity contribution is 9.10. The van der Waals surface area contributed by atoms with Crippen molar-refractivity contribution in [2.75, 3.05) is 0 Å². The Balaban J connectivity index is 3.21. The minimum atomic E-state index is -1.17. The van der Waals surface area contributed by atoms with E-state index in [4.69, 9.17) is 11.6 Å². The number of nitrogens with zero attached hydrogens (tertiary/aromatic N) is 1. The maximum Gasteiger partial charge on any atom is 0.193 e. The van der Waals surface area contributed by atoms with Crippen LogP contribution in [0.15, 0.2) is 21.8 Å². The molecular weight excluding hydrogens is 284 g/mol. The van der Waals surface area contributed by atoms with Crippen LogP contribution >= 0.6 is 27.5 Å². The lowest BCUT2D eigenvalue weighted by Crippen LogP contribution is -1.98. The fourth-order valence-corrected chi connectivity index (χ4v) is 2.03. The highest BCUT2D eigenvalue weighted by Gasteiger charge is 2.17. The van der Waals surface area contributed by atoms with Crippen molar-refractivity contribution in [3.63, 3.8) is 0 Å². The highest BCUT2D eigenvalue weighted by atomic mass is 79.9. The third kappa shape index (κ3) is 2.98. The molecule has 2 nitrogen and oxygen atoms in total. The molecule has 0 fully saturated rings. The summed E-state index contributed by atoms with van der Waals surface area (Å²) < 4.78 is 14.5. The van der Waals surface area contributed by atoms with E-state index in [-0.39, 0.29) is 5.56 Å². The molecule has 1 aromatic rings. The smallest absolute Gasteiger partial charge is 0.193 e. The van der Waals surface area contributed by atoms with Gasteiger partial charge in [-0.3, -0.25) is 0 Å². The van der Waals surface area contributed by atoms with E-state index >= 15 is 0 Å². The topological polar surface area (TPSA) is 29.4 Å². The molecule has 0 heterocycles. The highest BCUT2D eigenvalue weighted by Crippen LogP contribution is 2.30. The zero-order valence-corrected chi connectivity index (χ0v) is 10.5. The molecule has 0 bridgehead atoms. The molecular formula is C10H10BrClFNO. The Morgan fingerprint density at radius 1 is 1.60 bits per heavy atom. The van der Waals surface area contributed by atoms with E-state index in [1.807, 2.05) is 6.92 Å². The van der Waals surface area contributed by atoms with Gasteiger partial charge in [-0.1, -0.05) is 40.9 Å². The molecule has 0 radical (unpaired) electrons. The Kier molecular flexibility index (Phi) is 4.67. The lowest BCUT2D eigenvalue weighted by Gasteiger charge is -2.09. The molecule has 0 N–H and O–H groups in total. The normalized spacial score (nSPS) is 12.5. The first-order valence-electron chi connectivity index (χ1n) is 4.54. The average molecular weight is 295 g/mol. The van der Waals surface area contributed by atoms with Crippen LogP contribution < -0.4 is 0 Å². The summed E-state index contributed by atoms with van der Waals surface area (Å²) in [5.41, 5.74) is -0.487. The molecule has 82 valence electrons. The van der Waals surface area contributed by atoms with Gasteiger partial charge in [0.2, 0.25) is 0 Å². The van der Waals surface area contributed by atoms with Crippen molar-refractivity contribution in [3.05, 3.63) is 38.5 Å². The van der Waals surface area contributed by atoms with Crippen LogP contribution in [-0.2, 0) is 6.42 Å². The van der Waals surface area contributed by atoms with Gasteiger partial charge in [0.1, 0.15) is 5.82 Å². The summed E-state index contributed by atoms with van der Waals surface area (Å²) >= 11 is 8.85.